The van der Waals surface area contributed by atoms with Gasteiger partial charge < -0.3 is 14.7 Å². The molecule has 0 spiro atoms. The van der Waals surface area contributed by atoms with Gasteiger partial charge in [0.25, 0.3) is 11.5 Å². The van der Waals surface area contributed by atoms with Crippen LogP contribution in [-0.4, -0.2) is 15.5 Å². The summed E-state index contributed by atoms with van der Waals surface area (Å²) in [4.78, 5) is 39.3. The summed E-state index contributed by atoms with van der Waals surface area (Å²) in [5, 5.41) is 3.13. The fourth-order valence-corrected chi connectivity index (χ4v) is 2.48. The Balaban J connectivity index is 1.94. The molecule has 0 saturated carbocycles. The lowest BCUT2D eigenvalue weighted by Crippen LogP contribution is -2.39. The van der Waals surface area contributed by atoms with Crippen LogP contribution in [0.15, 0.2) is 56.8 Å². The number of hydrogen-bond donors (Lipinski definition) is 2. The van der Waals surface area contributed by atoms with Gasteiger partial charge in [-0.2, -0.15) is 0 Å². The molecule has 0 aliphatic heterocycles. The van der Waals surface area contributed by atoms with Crippen molar-refractivity contribution in [3.8, 4) is 0 Å². The summed E-state index contributed by atoms with van der Waals surface area (Å²) in [5.74, 6) is -0.212. The van der Waals surface area contributed by atoms with Crippen molar-refractivity contribution >= 4 is 23.2 Å². The smallest absolute Gasteiger partial charge is 0.328 e. The van der Waals surface area contributed by atoms with Crippen LogP contribution in [0.25, 0.3) is 0 Å². The Morgan fingerprint density at radius 3 is 2.80 bits per heavy atom. The normalized spacial score (nSPS) is 10.6. The van der Waals surface area contributed by atoms with Crippen LogP contribution in [0.5, 0.6) is 0 Å². The number of hydrogen-bond acceptors (Lipinski definition) is 4. The zero-order valence-corrected chi connectivity index (χ0v) is 14.0. The Kier molecular flexibility index (Phi) is 4.58. The third kappa shape index (κ3) is 3.41. The van der Waals surface area contributed by atoms with E-state index in [0.29, 0.717) is 22.0 Å². The Labute approximate surface area is 146 Å². The van der Waals surface area contributed by atoms with Crippen LogP contribution in [0.2, 0.25) is 5.02 Å². The number of amides is 1. The number of aromatic nitrogens is 2. The van der Waals surface area contributed by atoms with Crippen LogP contribution in [0.1, 0.15) is 21.7 Å². The highest BCUT2D eigenvalue weighted by Gasteiger charge is 2.16. The monoisotopic (exact) mass is 359 g/mol. The largest absolute Gasteiger partial charge is 0.467 e. The van der Waals surface area contributed by atoms with Crippen LogP contribution in [0.4, 0.5) is 5.69 Å². The van der Waals surface area contributed by atoms with Crippen LogP contribution in [0.3, 0.4) is 0 Å². The van der Waals surface area contributed by atoms with Crippen LogP contribution >= 0.6 is 11.6 Å². The molecule has 0 unspecified atom stereocenters. The summed E-state index contributed by atoms with van der Waals surface area (Å²) in [6.07, 6.45) is 2.53. The molecule has 3 rings (SSSR count). The zero-order valence-electron chi connectivity index (χ0n) is 13.2. The van der Waals surface area contributed by atoms with Gasteiger partial charge in [-0.1, -0.05) is 17.7 Å². The zero-order chi connectivity index (χ0) is 18.0. The van der Waals surface area contributed by atoms with E-state index in [1.165, 1.54) is 6.26 Å². The maximum absolute atomic E-state index is 12.5. The number of halogens is 1. The summed E-state index contributed by atoms with van der Waals surface area (Å²) in [7, 11) is 0. The van der Waals surface area contributed by atoms with E-state index < -0.39 is 17.2 Å². The van der Waals surface area contributed by atoms with Crippen LogP contribution in [-0.2, 0) is 6.54 Å². The molecular weight excluding hydrogens is 346 g/mol. The molecule has 0 fully saturated rings. The Hall–Kier alpha value is -3.06. The minimum Gasteiger partial charge on any atom is -0.467 e. The Morgan fingerprint density at radius 2 is 2.08 bits per heavy atom. The fourth-order valence-electron chi connectivity index (χ4n) is 2.31. The molecule has 0 radical (unpaired) electrons. The number of benzene rings is 1. The maximum Gasteiger partial charge on any atom is 0.328 e. The number of carbonyl (C=O) groups excluding carboxylic acids is 1. The molecule has 1 amide bonds. The first kappa shape index (κ1) is 16.8. The second-order valence-electron chi connectivity index (χ2n) is 5.34. The number of carbonyl (C=O) groups is 1. The van der Waals surface area contributed by atoms with E-state index in [1.54, 1.807) is 37.3 Å². The summed E-state index contributed by atoms with van der Waals surface area (Å²) in [6.45, 7) is 1.68. The maximum atomic E-state index is 12.5. The summed E-state index contributed by atoms with van der Waals surface area (Å²) < 4.78 is 6.05. The number of anilines is 1. The summed E-state index contributed by atoms with van der Waals surface area (Å²) >= 11 is 6.03. The highest BCUT2D eigenvalue weighted by Crippen LogP contribution is 2.23. The first-order valence-electron chi connectivity index (χ1n) is 7.38. The molecule has 0 atom stereocenters. The predicted molar refractivity (Wildman–Crippen MR) is 93.3 cm³/mol. The van der Waals surface area contributed by atoms with Crippen molar-refractivity contribution in [2.24, 2.45) is 0 Å². The van der Waals surface area contributed by atoms with Crippen molar-refractivity contribution in [2.75, 3.05) is 5.32 Å². The molecule has 128 valence electrons. The van der Waals surface area contributed by atoms with Gasteiger partial charge >= 0.3 is 5.69 Å². The van der Waals surface area contributed by atoms with Crippen molar-refractivity contribution in [3.05, 3.63) is 85.5 Å². The number of rotatable bonds is 4. The average molecular weight is 360 g/mol. The first-order valence-corrected chi connectivity index (χ1v) is 7.76. The van der Waals surface area contributed by atoms with Gasteiger partial charge in [-0.15, -0.1) is 0 Å². The van der Waals surface area contributed by atoms with Crippen molar-refractivity contribution < 1.29 is 9.21 Å². The molecule has 7 nitrogen and oxygen atoms in total. The molecule has 8 heteroatoms. The van der Waals surface area contributed by atoms with Gasteiger partial charge in [0, 0.05) is 16.9 Å². The lowest BCUT2D eigenvalue weighted by Gasteiger charge is -2.10. The van der Waals surface area contributed by atoms with Crippen LogP contribution in [0, 0.1) is 6.92 Å². The van der Waals surface area contributed by atoms with E-state index >= 15 is 0 Å². The molecule has 2 N–H and O–H groups in total. The molecule has 1 aromatic carbocycles. The second kappa shape index (κ2) is 6.82. The first-order chi connectivity index (χ1) is 12.0. The minimum absolute atomic E-state index is 0.0710. The standard InChI is InChI=1S/C17H14ClN3O4/c1-10-13(18)5-2-6-14(10)20-15(22)12-8-19-17(24)21(16(12)23)9-11-4-3-7-25-11/h2-8H,9H2,1H3,(H,19,24)(H,20,22). The van der Waals surface area contributed by atoms with Crippen molar-refractivity contribution in [2.45, 2.75) is 13.5 Å². The lowest BCUT2D eigenvalue weighted by atomic mass is 10.2. The molecule has 25 heavy (non-hydrogen) atoms. The van der Waals surface area contributed by atoms with Crippen molar-refractivity contribution in [1.82, 2.24) is 9.55 Å². The van der Waals surface area contributed by atoms with Gasteiger partial charge in [0.15, 0.2) is 0 Å². The van der Waals surface area contributed by atoms with Gasteiger partial charge in [-0.05, 0) is 36.8 Å². The number of nitrogens with zero attached hydrogens (tertiary/aromatic N) is 1. The fraction of sp³-hybridized carbons (Fsp3) is 0.118. The Bertz CT molecular complexity index is 1030. The second-order valence-corrected chi connectivity index (χ2v) is 5.75. The molecule has 0 aliphatic rings. The Morgan fingerprint density at radius 1 is 1.28 bits per heavy atom. The quantitative estimate of drug-likeness (QED) is 0.747. The molecule has 2 heterocycles. The highest BCUT2D eigenvalue weighted by atomic mass is 35.5. The molecular formula is C17H14ClN3O4. The van der Waals surface area contributed by atoms with E-state index in [9.17, 15) is 14.4 Å². The van der Waals surface area contributed by atoms with Gasteiger partial charge in [0.2, 0.25) is 0 Å². The van der Waals surface area contributed by atoms with E-state index in [-0.39, 0.29) is 12.1 Å². The highest BCUT2D eigenvalue weighted by molar-refractivity contribution is 6.31. The predicted octanol–water partition coefficient (Wildman–Crippen LogP) is 2.39. The summed E-state index contributed by atoms with van der Waals surface area (Å²) in [6, 6.07) is 8.34. The lowest BCUT2D eigenvalue weighted by molar-refractivity contribution is 0.102. The van der Waals surface area contributed by atoms with E-state index in [1.807, 2.05) is 0 Å². The summed E-state index contributed by atoms with van der Waals surface area (Å²) in [5.41, 5.74) is -0.363. The van der Waals surface area contributed by atoms with Crippen molar-refractivity contribution in [1.29, 1.82) is 0 Å². The van der Waals surface area contributed by atoms with Crippen molar-refractivity contribution in [3.63, 3.8) is 0 Å². The van der Waals surface area contributed by atoms with E-state index in [2.05, 4.69) is 10.3 Å². The number of furan rings is 1. The molecule has 0 aliphatic carbocycles. The third-order valence-electron chi connectivity index (χ3n) is 3.72. The average Bonchev–Trinajstić information content (AvgIpc) is 3.09. The minimum atomic E-state index is -0.711. The molecule has 3 aromatic rings. The van der Waals surface area contributed by atoms with E-state index in [4.69, 9.17) is 16.0 Å². The molecule has 0 saturated heterocycles. The number of nitrogens with one attached hydrogen (secondary N) is 2. The van der Waals surface area contributed by atoms with Crippen LogP contribution < -0.4 is 16.6 Å². The van der Waals surface area contributed by atoms with Gasteiger partial charge in [0.05, 0.1) is 12.8 Å². The topological polar surface area (TPSA) is 97.1 Å². The SMILES string of the molecule is Cc1c(Cl)cccc1NC(=O)c1c[nH]c(=O)n(Cc2ccco2)c1=O. The number of aromatic amines is 1. The van der Waals surface area contributed by atoms with Gasteiger partial charge in [0.1, 0.15) is 11.3 Å². The number of H-pyrrole nitrogens is 1. The molecule has 0 bridgehead atoms. The van der Waals surface area contributed by atoms with Gasteiger partial charge in [-0.25, -0.2) is 4.79 Å². The van der Waals surface area contributed by atoms with Gasteiger partial charge in [-0.3, -0.25) is 14.2 Å². The van der Waals surface area contributed by atoms with E-state index in [0.717, 1.165) is 10.8 Å². The molecule has 2 aromatic heterocycles. The third-order valence-corrected chi connectivity index (χ3v) is 4.12.